The number of likely N-dealkylation sites (tertiary alicyclic amines) is 1. The van der Waals surface area contributed by atoms with E-state index in [0.717, 1.165) is 30.4 Å². The summed E-state index contributed by atoms with van der Waals surface area (Å²) in [6, 6.07) is 3.57. The maximum Gasteiger partial charge on any atom is 0.410 e. The molecule has 1 saturated heterocycles. The van der Waals surface area contributed by atoms with Gasteiger partial charge in [-0.2, -0.15) is 0 Å². The molecule has 1 heterocycles. The first-order valence-corrected chi connectivity index (χ1v) is 9.33. The number of hydrogen-bond acceptors (Lipinski definition) is 4. The Morgan fingerprint density at radius 1 is 1.23 bits per heavy atom. The van der Waals surface area contributed by atoms with Crippen molar-refractivity contribution in [1.29, 1.82) is 0 Å². The molecule has 0 N–H and O–H groups in total. The van der Waals surface area contributed by atoms with Gasteiger partial charge in [-0.1, -0.05) is 11.6 Å². The smallest absolute Gasteiger partial charge is 0.410 e. The van der Waals surface area contributed by atoms with Crippen LogP contribution in [0.4, 0.5) is 4.79 Å². The second-order valence-electron chi connectivity index (χ2n) is 7.84. The molecule has 0 spiro atoms. The molecule has 0 aliphatic carbocycles. The van der Waals surface area contributed by atoms with Gasteiger partial charge in [0.25, 0.3) is 0 Å². The maximum atomic E-state index is 12.2. The molecule has 0 unspecified atom stereocenters. The molecule has 1 aromatic carbocycles. The van der Waals surface area contributed by atoms with Crippen LogP contribution in [0, 0.1) is 12.8 Å². The minimum Gasteiger partial charge on any atom is -0.465 e. The molecule has 1 aliphatic heterocycles. The third-order valence-electron chi connectivity index (χ3n) is 4.66. The lowest BCUT2D eigenvalue weighted by Gasteiger charge is -2.33. The highest BCUT2D eigenvalue weighted by atomic mass is 35.5. The first-order chi connectivity index (χ1) is 12.1. The molecule has 0 atom stereocenters. The first-order valence-electron chi connectivity index (χ1n) is 8.96. The standard InChI is InChI=1S/C20H28ClNO4/c1-13-15(11-16(21)12-17(13)18(23)25-5)10-14-6-8-22(9-7-14)19(24)26-20(2,3)4/h11-12,14H,6-10H2,1-5H3. The summed E-state index contributed by atoms with van der Waals surface area (Å²) < 4.78 is 10.3. The third-order valence-corrected chi connectivity index (χ3v) is 4.88. The van der Waals surface area contributed by atoms with Crippen LogP contribution in [0.3, 0.4) is 0 Å². The van der Waals surface area contributed by atoms with Crippen LogP contribution in [0.25, 0.3) is 0 Å². The summed E-state index contributed by atoms with van der Waals surface area (Å²) >= 11 is 6.19. The molecule has 0 bridgehead atoms. The number of rotatable bonds is 3. The van der Waals surface area contributed by atoms with Crippen LogP contribution in [0.2, 0.25) is 5.02 Å². The van der Waals surface area contributed by atoms with Crippen LogP contribution in [-0.2, 0) is 15.9 Å². The van der Waals surface area contributed by atoms with Crippen molar-refractivity contribution in [2.75, 3.05) is 20.2 Å². The minimum absolute atomic E-state index is 0.247. The van der Waals surface area contributed by atoms with Crippen molar-refractivity contribution in [3.8, 4) is 0 Å². The molecule has 0 saturated carbocycles. The summed E-state index contributed by atoms with van der Waals surface area (Å²) in [6.45, 7) is 8.91. The quantitative estimate of drug-likeness (QED) is 0.716. The zero-order chi connectivity index (χ0) is 19.5. The van der Waals surface area contributed by atoms with E-state index < -0.39 is 5.60 Å². The number of carbonyl (C=O) groups is 2. The first kappa shape index (κ1) is 20.6. The molecular formula is C20H28ClNO4. The minimum atomic E-state index is -0.476. The number of ether oxygens (including phenoxy) is 2. The maximum absolute atomic E-state index is 12.2. The Morgan fingerprint density at radius 3 is 2.38 bits per heavy atom. The number of piperidine rings is 1. The number of amides is 1. The fraction of sp³-hybridized carbons (Fsp3) is 0.600. The molecule has 1 aromatic rings. The average Bonchev–Trinajstić information content (AvgIpc) is 2.56. The van der Waals surface area contributed by atoms with Crippen LogP contribution in [0.15, 0.2) is 12.1 Å². The highest BCUT2D eigenvalue weighted by Crippen LogP contribution is 2.28. The fourth-order valence-electron chi connectivity index (χ4n) is 3.23. The Kier molecular flexibility index (Phi) is 6.56. The Morgan fingerprint density at radius 2 is 1.85 bits per heavy atom. The molecule has 5 nitrogen and oxygen atoms in total. The summed E-state index contributed by atoms with van der Waals surface area (Å²) in [5, 5.41) is 0.539. The average molecular weight is 382 g/mol. The molecule has 26 heavy (non-hydrogen) atoms. The molecular weight excluding hydrogens is 354 g/mol. The topological polar surface area (TPSA) is 55.8 Å². The lowest BCUT2D eigenvalue weighted by atomic mass is 9.87. The fourth-order valence-corrected chi connectivity index (χ4v) is 3.47. The number of benzene rings is 1. The molecule has 1 fully saturated rings. The van der Waals surface area contributed by atoms with Crippen molar-refractivity contribution in [2.45, 2.75) is 52.6 Å². The summed E-state index contributed by atoms with van der Waals surface area (Å²) in [5.41, 5.74) is 2.02. The van der Waals surface area contributed by atoms with E-state index in [-0.39, 0.29) is 12.1 Å². The summed E-state index contributed by atoms with van der Waals surface area (Å²) in [4.78, 5) is 25.9. The zero-order valence-electron chi connectivity index (χ0n) is 16.2. The van der Waals surface area contributed by atoms with Gasteiger partial charge in [-0.25, -0.2) is 9.59 Å². The van der Waals surface area contributed by atoms with Crippen LogP contribution < -0.4 is 0 Å². The number of halogens is 1. The summed E-state index contributed by atoms with van der Waals surface area (Å²) in [6.07, 6.45) is 2.39. The second kappa shape index (κ2) is 8.30. The SMILES string of the molecule is COC(=O)c1cc(Cl)cc(CC2CCN(C(=O)OC(C)(C)C)CC2)c1C. The largest absolute Gasteiger partial charge is 0.465 e. The van der Waals surface area contributed by atoms with Crippen molar-refractivity contribution in [1.82, 2.24) is 4.90 Å². The molecule has 1 amide bonds. The van der Waals surface area contributed by atoms with E-state index in [1.807, 2.05) is 33.8 Å². The van der Waals surface area contributed by atoms with Gasteiger partial charge >= 0.3 is 12.1 Å². The number of esters is 1. The van der Waals surface area contributed by atoms with Crippen LogP contribution in [-0.4, -0.2) is 42.8 Å². The van der Waals surface area contributed by atoms with E-state index in [1.54, 1.807) is 11.0 Å². The summed E-state index contributed by atoms with van der Waals surface area (Å²) in [7, 11) is 1.37. The van der Waals surface area contributed by atoms with Gasteiger partial charge in [0.15, 0.2) is 0 Å². The van der Waals surface area contributed by atoms with E-state index in [1.165, 1.54) is 7.11 Å². The molecule has 1 aliphatic rings. The van der Waals surface area contributed by atoms with Gasteiger partial charge in [-0.15, -0.1) is 0 Å². The molecule has 144 valence electrons. The number of nitrogens with zero attached hydrogens (tertiary/aromatic N) is 1. The lowest BCUT2D eigenvalue weighted by Crippen LogP contribution is -2.42. The highest BCUT2D eigenvalue weighted by molar-refractivity contribution is 6.31. The van der Waals surface area contributed by atoms with Gasteiger partial charge < -0.3 is 14.4 Å². The van der Waals surface area contributed by atoms with Crippen molar-refractivity contribution < 1.29 is 19.1 Å². The Labute approximate surface area is 160 Å². The Bertz CT molecular complexity index is 673. The van der Waals surface area contributed by atoms with Gasteiger partial charge in [-0.3, -0.25) is 0 Å². The van der Waals surface area contributed by atoms with Crippen molar-refractivity contribution in [2.24, 2.45) is 5.92 Å². The highest BCUT2D eigenvalue weighted by Gasteiger charge is 2.27. The van der Waals surface area contributed by atoms with Crippen LogP contribution in [0.5, 0.6) is 0 Å². The van der Waals surface area contributed by atoms with E-state index in [4.69, 9.17) is 21.1 Å². The van der Waals surface area contributed by atoms with Gasteiger partial charge in [0.2, 0.25) is 0 Å². The van der Waals surface area contributed by atoms with Crippen molar-refractivity contribution in [3.63, 3.8) is 0 Å². The zero-order valence-corrected chi connectivity index (χ0v) is 17.0. The number of carbonyl (C=O) groups excluding carboxylic acids is 2. The van der Waals surface area contributed by atoms with Crippen LogP contribution >= 0.6 is 11.6 Å². The Hall–Kier alpha value is -1.75. The van der Waals surface area contributed by atoms with E-state index >= 15 is 0 Å². The van der Waals surface area contributed by atoms with E-state index in [2.05, 4.69) is 0 Å². The number of methoxy groups -OCH3 is 1. The second-order valence-corrected chi connectivity index (χ2v) is 8.28. The Balaban J connectivity index is 2.01. The van der Waals surface area contributed by atoms with E-state index in [9.17, 15) is 9.59 Å². The lowest BCUT2D eigenvalue weighted by molar-refractivity contribution is 0.0184. The van der Waals surface area contributed by atoms with Gasteiger partial charge in [0.05, 0.1) is 12.7 Å². The van der Waals surface area contributed by atoms with Crippen LogP contribution in [0.1, 0.15) is 55.1 Å². The van der Waals surface area contributed by atoms with Gasteiger partial charge in [0.1, 0.15) is 5.60 Å². The number of hydrogen-bond donors (Lipinski definition) is 0. The molecule has 0 aromatic heterocycles. The van der Waals surface area contributed by atoms with Crippen molar-refractivity contribution >= 4 is 23.7 Å². The molecule has 6 heteroatoms. The molecule has 0 radical (unpaired) electrons. The predicted octanol–water partition coefficient (Wildman–Crippen LogP) is 4.62. The van der Waals surface area contributed by atoms with E-state index in [0.29, 0.717) is 29.6 Å². The summed E-state index contributed by atoms with van der Waals surface area (Å²) in [5.74, 6) is 0.0716. The normalized spacial score (nSPS) is 15.7. The monoisotopic (exact) mass is 381 g/mol. The third kappa shape index (κ3) is 5.37. The predicted molar refractivity (Wildman–Crippen MR) is 102 cm³/mol. The van der Waals surface area contributed by atoms with Gasteiger partial charge in [-0.05, 0) is 76.1 Å². The van der Waals surface area contributed by atoms with Gasteiger partial charge in [0, 0.05) is 18.1 Å². The van der Waals surface area contributed by atoms with Crippen molar-refractivity contribution in [3.05, 3.63) is 33.8 Å². The molecule has 2 rings (SSSR count).